The van der Waals surface area contributed by atoms with Crippen molar-refractivity contribution < 1.29 is 9.53 Å². The zero-order valence-corrected chi connectivity index (χ0v) is 10.9. The molecule has 1 aromatic rings. The maximum Gasteiger partial charge on any atom is 0.350 e. The number of nitrogens with zero attached hydrogens (tertiary/aromatic N) is 2. The molecule has 0 unspecified atom stereocenters. The molecule has 0 amide bonds. The van der Waals surface area contributed by atoms with Gasteiger partial charge in [-0.1, -0.05) is 11.3 Å². The van der Waals surface area contributed by atoms with Crippen LogP contribution in [0.5, 0.6) is 0 Å². The number of carbonyl (C=O) groups excluding carboxylic acids is 1. The van der Waals surface area contributed by atoms with Crippen LogP contribution >= 0.6 is 23.6 Å². The van der Waals surface area contributed by atoms with Crippen molar-refractivity contribution in [2.24, 2.45) is 0 Å². The number of rotatable bonds is 3. The van der Waals surface area contributed by atoms with E-state index in [0.717, 1.165) is 5.69 Å². The number of esters is 1. The number of carbonyl (C=O) groups is 1. The van der Waals surface area contributed by atoms with Crippen molar-refractivity contribution in [3.63, 3.8) is 0 Å². The lowest BCUT2D eigenvalue weighted by Gasteiger charge is -2.15. The lowest BCUT2D eigenvalue weighted by Crippen LogP contribution is -2.26. The molecular formula is C9H14N2O2S2. The Morgan fingerprint density at radius 2 is 2.20 bits per heavy atom. The van der Waals surface area contributed by atoms with Crippen LogP contribution in [-0.4, -0.2) is 31.3 Å². The Kier molecular flexibility index (Phi) is 3.87. The summed E-state index contributed by atoms with van der Waals surface area (Å²) in [5.41, 5.74) is 0.827. The number of ether oxygens (including phenoxy) is 1. The number of hydrogen-bond acceptors (Lipinski definition) is 5. The molecule has 0 atom stereocenters. The fraction of sp³-hybridized carbons (Fsp3) is 0.556. The van der Waals surface area contributed by atoms with E-state index in [0.29, 0.717) is 15.4 Å². The van der Waals surface area contributed by atoms with Gasteiger partial charge in [-0.15, -0.1) is 0 Å². The first-order valence-corrected chi connectivity index (χ1v) is 5.78. The first-order valence-electron chi connectivity index (χ1n) is 4.56. The van der Waals surface area contributed by atoms with Gasteiger partial charge in [0.2, 0.25) is 0 Å². The lowest BCUT2D eigenvalue weighted by molar-refractivity contribution is 0.0530. The minimum absolute atomic E-state index is 0.299. The Labute approximate surface area is 98.1 Å². The second-order valence-corrected chi connectivity index (χ2v) is 4.81. The third-order valence-electron chi connectivity index (χ3n) is 1.87. The molecule has 0 aromatic carbocycles. The molecule has 0 aliphatic rings. The SMILES string of the molecule is CCOC(=O)c1sc(=S)n(N(C)C)c1C. The Morgan fingerprint density at radius 1 is 1.60 bits per heavy atom. The predicted octanol–water partition coefficient (Wildman–Crippen LogP) is 1.96. The summed E-state index contributed by atoms with van der Waals surface area (Å²) >= 11 is 6.45. The van der Waals surface area contributed by atoms with Gasteiger partial charge in [0, 0.05) is 14.1 Å². The van der Waals surface area contributed by atoms with Gasteiger partial charge in [0.25, 0.3) is 0 Å². The normalized spacial score (nSPS) is 10.1. The minimum atomic E-state index is -0.299. The Morgan fingerprint density at radius 3 is 2.60 bits per heavy atom. The van der Waals surface area contributed by atoms with Gasteiger partial charge in [0.05, 0.1) is 12.3 Å². The molecule has 1 aromatic heterocycles. The summed E-state index contributed by atoms with van der Waals surface area (Å²) in [6.45, 7) is 4.03. The van der Waals surface area contributed by atoms with Crippen LogP contribution in [0.1, 0.15) is 22.3 Å². The summed E-state index contributed by atoms with van der Waals surface area (Å²) < 4.78 is 7.42. The van der Waals surface area contributed by atoms with Crippen LogP contribution in [-0.2, 0) is 4.74 Å². The summed E-state index contributed by atoms with van der Waals surface area (Å²) in [6, 6.07) is 0. The zero-order chi connectivity index (χ0) is 11.6. The highest BCUT2D eigenvalue weighted by atomic mass is 32.1. The van der Waals surface area contributed by atoms with E-state index in [1.807, 2.05) is 30.7 Å². The van der Waals surface area contributed by atoms with Crippen molar-refractivity contribution in [3.05, 3.63) is 14.5 Å². The first kappa shape index (κ1) is 12.2. The van der Waals surface area contributed by atoms with Crippen LogP contribution in [0.2, 0.25) is 0 Å². The van der Waals surface area contributed by atoms with Gasteiger partial charge >= 0.3 is 5.97 Å². The molecule has 0 aliphatic carbocycles. The molecule has 84 valence electrons. The average molecular weight is 246 g/mol. The molecule has 0 saturated heterocycles. The van der Waals surface area contributed by atoms with Gasteiger partial charge < -0.3 is 9.75 Å². The van der Waals surface area contributed by atoms with Crippen LogP contribution < -0.4 is 5.01 Å². The fourth-order valence-electron chi connectivity index (χ4n) is 1.29. The maximum absolute atomic E-state index is 11.6. The van der Waals surface area contributed by atoms with E-state index in [1.54, 1.807) is 6.92 Å². The molecule has 4 nitrogen and oxygen atoms in total. The average Bonchev–Trinajstić information content (AvgIpc) is 2.42. The molecule has 1 heterocycles. The Hall–Kier alpha value is -0.880. The van der Waals surface area contributed by atoms with E-state index < -0.39 is 0 Å². The summed E-state index contributed by atoms with van der Waals surface area (Å²) in [5, 5.41) is 1.84. The van der Waals surface area contributed by atoms with Crippen LogP contribution in [0.15, 0.2) is 0 Å². The smallest absolute Gasteiger partial charge is 0.350 e. The Bertz CT molecular complexity index is 420. The number of aromatic nitrogens is 1. The fourth-order valence-corrected chi connectivity index (χ4v) is 2.77. The van der Waals surface area contributed by atoms with Crippen molar-refractivity contribution in [1.82, 2.24) is 4.68 Å². The summed E-state index contributed by atoms with van der Waals surface area (Å²) in [7, 11) is 3.76. The van der Waals surface area contributed by atoms with E-state index in [-0.39, 0.29) is 5.97 Å². The van der Waals surface area contributed by atoms with Crippen molar-refractivity contribution in [3.8, 4) is 0 Å². The van der Waals surface area contributed by atoms with Gasteiger partial charge in [0.15, 0.2) is 3.95 Å². The van der Waals surface area contributed by atoms with Gasteiger partial charge in [-0.2, -0.15) is 0 Å². The summed E-state index contributed by atoms with van der Waals surface area (Å²) in [6.07, 6.45) is 0. The molecule has 0 radical (unpaired) electrons. The maximum atomic E-state index is 11.6. The molecule has 0 spiro atoms. The summed E-state index contributed by atoms with van der Waals surface area (Å²) in [4.78, 5) is 12.1. The third kappa shape index (κ3) is 2.38. The quantitative estimate of drug-likeness (QED) is 0.603. The third-order valence-corrected chi connectivity index (χ3v) is 3.31. The van der Waals surface area contributed by atoms with Crippen LogP contribution in [0.4, 0.5) is 0 Å². The van der Waals surface area contributed by atoms with E-state index in [1.165, 1.54) is 11.3 Å². The van der Waals surface area contributed by atoms with E-state index in [4.69, 9.17) is 17.0 Å². The van der Waals surface area contributed by atoms with E-state index >= 15 is 0 Å². The topological polar surface area (TPSA) is 34.5 Å². The number of hydrogen-bond donors (Lipinski definition) is 0. The molecule has 0 N–H and O–H groups in total. The van der Waals surface area contributed by atoms with Crippen LogP contribution in [0.25, 0.3) is 0 Å². The molecular weight excluding hydrogens is 232 g/mol. The molecule has 1 rings (SSSR count). The predicted molar refractivity (Wildman–Crippen MR) is 63.9 cm³/mol. The van der Waals surface area contributed by atoms with Gasteiger partial charge in [-0.25, -0.2) is 9.47 Å². The highest BCUT2D eigenvalue weighted by molar-refractivity contribution is 7.73. The summed E-state index contributed by atoms with van der Waals surface area (Å²) in [5.74, 6) is -0.299. The Balaban J connectivity index is 3.18. The van der Waals surface area contributed by atoms with Crippen molar-refractivity contribution in [2.45, 2.75) is 13.8 Å². The minimum Gasteiger partial charge on any atom is -0.462 e. The van der Waals surface area contributed by atoms with Crippen LogP contribution in [0.3, 0.4) is 0 Å². The zero-order valence-electron chi connectivity index (χ0n) is 9.23. The van der Waals surface area contributed by atoms with Crippen molar-refractivity contribution in [1.29, 1.82) is 0 Å². The van der Waals surface area contributed by atoms with Gasteiger partial charge in [-0.3, -0.25) is 0 Å². The highest BCUT2D eigenvalue weighted by Gasteiger charge is 2.17. The monoisotopic (exact) mass is 246 g/mol. The van der Waals surface area contributed by atoms with Crippen molar-refractivity contribution >= 4 is 29.5 Å². The molecule has 0 saturated carbocycles. The van der Waals surface area contributed by atoms with E-state index in [9.17, 15) is 4.79 Å². The van der Waals surface area contributed by atoms with Gasteiger partial charge in [0.1, 0.15) is 4.88 Å². The number of thiazole rings is 1. The van der Waals surface area contributed by atoms with E-state index in [2.05, 4.69) is 0 Å². The molecule has 15 heavy (non-hydrogen) atoms. The highest BCUT2D eigenvalue weighted by Crippen LogP contribution is 2.19. The lowest BCUT2D eigenvalue weighted by atomic mass is 10.4. The molecule has 0 aliphatic heterocycles. The largest absolute Gasteiger partial charge is 0.462 e. The van der Waals surface area contributed by atoms with Crippen molar-refractivity contribution in [2.75, 3.05) is 25.7 Å². The molecule has 0 fully saturated rings. The second kappa shape index (κ2) is 4.76. The second-order valence-electron chi connectivity index (χ2n) is 3.16. The first-order chi connectivity index (χ1) is 6.99. The standard InChI is InChI=1S/C9H14N2O2S2/c1-5-13-8(12)7-6(2)11(10(3)4)9(14)15-7/h5H2,1-4H3. The molecule has 0 bridgehead atoms. The van der Waals surface area contributed by atoms with Gasteiger partial charge in [-0.05, 0) is 26.1 Å². The molecule has 6 heteroatoms. The van der Waals surface area contributed by atoms with Crippen LogP contribution in [0, 0.1) is 10.9 Å².